The number of guanidine groups is 1. The van der Waals surface area contributed by atoms with E-state index in [2.05, 4.69) is 46.7 Å². The molecule has 1 aliphatic heterocycles. The van der Waals surface area contributed by atoms with Gasteiger partial charge in [-0.1, -0.05) is 48.5 Å². The van der Waals surface area contributed by atoms with Crippen LogP contribution in [-0.2, 0) is 6.42 Å². The van der Waals surface area contributed by atoms with Crippen LogP contribution in [0.3, 0.4) is 0 Å². The van der Waals surface area contributed by atoms with Crippen molar-refractivity contribution in [1.29, 1.82) is 0 Å². The van der Waals surface area contributed by atoms with Gasteiger partial charge in [0.25, 0.3) is 0 Å². The first-order valence-corrected chi connectivity index (χ1v) is 9.06. The number of hydrogen-bond acceptors (Lipinski definition) is 2. The van der Waals surface area contributed by atoms with Gasteiger partial charge in [-0.25, -0.2) is 0 Å². The van der Waals surface area contributed by atoms with Crippen molar-refractivity contribution in [2.45, 2.75) is 31.7 Å². The lowest BCUT2D eigenvalue weighted by atomic mass is 9.97. The van der Waals surface area contributed by atoms with Gasteiger partial charge in [0.1, 0.15) is 5.75 Å². The number of aliphatic imine (C=N–C) groups is 1. The summed E-state index contributed by atoms with van der Waals surface area (Å²) in [5.74, 6) is 1.49. The SMILES string of the molecule is I.NC(=NCC1(Cc2ccccc2)CC1)NC1CCOc2ccccc21. The first-order chi connectivity index (χ1) is 12.2. The molecule has 1 fully saturated rings. The summed E-state index contributed by atoms with van der Waals surface area (Å²) in [7, 11) is 0. The van der Waals surface area contributed by atoms with E-state index in [9.17, 15) is 0 Å². The standard InChI is InChI=1S/C21H25N3O.HI/c22-20(24-18-10-13-25-19-9-5-4-8-17(18)19)23-15-21(11-12-21)14-16-6-2-1-3-7-16;/h1-9,18H,10-15H2,(H3,22,23,24);1H. The van der Waals surface area contributed by atoms with Crippen molar-refractivity contribution >= 4 is 29.9 Å². The van der Waals surface area contributed by atoms with Gasteiger partial charge in [-0.2, -0.15) is 0 Å². The van der Waals surface area contributed by atoms with Crippen molar-refractivity contribution in [3.05, 3.63) is 65.7 Å². The Morgan fingerprint density at radius 1 is 1.12 bits per heavy atom. The first-order valence-electron chi connectivity index (χ1n) is 9.06. The minimum atomic E-state index is 0. The Hall–Kier alpha value is -1.76. The van der Waals surface area contributed by atoms with Crippen molar-refractivity contribution < 1.29 is 4.74 Å². The molecule has 1 unspecified atom stereocenters. The molecule has 0 aromatic heterocycles. The summed E-state index contributed by atoms with van der Waals surface area (Å²) < 4.78 is 5.71. The zero-order valence-electron chi connectivity index (χ0n) is 14.9. The van der Waals surface area contributed by atoms with E-state index in [1.54, 1.807) is 0 Å². The molecule has 0 spiro atoms. The highest BCUT2D eigenvalue weighted by atomic mass is 127. The molecule has 1 saturated carbocycles. The molecule has 0 radical (unpaired) electrons. The van der Waals surface area contributed by atoms with Gasteiger partial charge in [0.2, 0.25) is 0 Å². The van der Waals surface area contributed by atoms with Gasteiger partial charge >= 0.3 is 0 Å². The third-order valence-electron chi connectivity index (χ3n) is 5.24. The molecule has 2 aromatic carbocycles. The van der Waals surface area contributed by atoms with E-state index in [-0.39, 0.29) is 30.0 Å². The number of benzene rings is 2. The number of nitrogens with two attached hydrogens (primary N) is 1. The monoisotopic (exact) mass is 463 g/mol. The van der Waals surface area contributed by atoms with Crippen LogP contribution in [0.1, 0.15) is 36.4 Å². The lowest BCUT2D eigenvalue weighted by molar-refractivity contribution is 0.262. The van der Waals surface area contributed by atoms with Crippen LogP contribution >= 0.6 is 24.0 Å². The van der Waals surface area contributed by atoms with E-state index in [1.807, 2.05) is 18.2 Å². The van der Waals surface area contributed by atoms with E-state index < -0.39 is 0 Å². The topological polar surface area (TPSA) is 59.6 Å². The summed E-state index contributed by atoms with van der Waals surface area (Å²) in [6, 6.07) is 19.0. The van der Waals surface area contributed by atoms with Crippen molar-refractivity contribution in [2.75, 3.05) is 13.2 Å². The Morgan fingerprint density at radius 3 is 2.62 bits per heavy atom. The minimum Gasteiger partial charge on any atom is -0.493 e. The third-order valence-corrected chi connectivity index (χ3v) is 5.24. The first kappa shape index (κ1) is 19.0. The van der Waals surface area contributed by atoms with Gasteiger partial charge < -0.3 is 15.8 Å². The zero-order valence-corrected chi connectivity index (χ0v) is 17.2. The number of rotatable bonds is 5. The Kier molecular flexibility index (Phi) is 6.06. The summed E-state index contributed by atoms with van der Waals surface area (Å²) in [6.45, 7) is 1.51. The lowest BCUT2D eigenvalue weighted by Gasteiger charge is -2.27. The van der Waals surface area contributed by atoms with E-state index in [0.717, 1.165) is 30.7 Å². The van der Waals surface area contributed by atoms with Gasteiger partial charge in [-0.15, -0.1) is 24.0 Å². The quantitative estimate of drug-likeness (QED) is 0.400. The fraction of sp³-hybridized carbons (Fsp3) is 0.381. The van der Waals surface area contributed by atoms with E-state index in [4.69, 9.17) is 10.5 Å². The molecule has 4 rings (SSSR count). The number of fused-ring (bicyclic) bond motifs is 1. The second-order valence-electron chi connectivity index (χ2n) is 7.24. The second kappa shape index (κ2) is 8.29. The maximum absolute atomic E-state index is 6.19. The Balaban J connectivity index is 0.00000196. The Morgan fingerprint density at radius 2 is 1.85 bits per heavy atom. The van der Waals surface area contributed by atoms with Crippen molar-refractivity contribution in [2.24, 2.45) is 16.1 Å². The fourth-order valence-electron chi connectivity index (χ4n) is 3.57. The number of halogens is 1. The maximum atomic E-state index is 6.19. The third kappa shape index (κ3) is 4.50. The summed E-state index contributed by atoms with van der Waals surface area (Å²) in [4.78, 5) is 4.66. The number of ether oxygens (including phenoxy) is 1. The van der Waals surface area contributed by atoms with E-state index >= 15 is 0 Å². The molecule has 0 bridgehead atoms. The van der Waals surface area contributed by atoms with Gasteiger partial charge in [0, 0.05) is 18.5 Å². The Labute approximate surface area is 172 Å². The smallest absolute Gasteiger partial charge is 0.189 e. The summed E-state index contributed by atoms with van der Waals surface area (Å²) in [6.07, 6.45) is 4.46. The van der Waals surface area contributed by atoms with Crippen LogP contribution in [-0.4, -0.2) is 19.1 Å². The number of para-hydroxylation sites is 1. The molecular formula is C21H26IN3O. The number of nitrogens with zero attached hydrogens (tertiary/aromatic N) is 1. The molecule has 2 aromatic rings. The van der Waals surface area contributed by atoms with Crippen LogP contribution in [0, 0.1) is 5.41 Å². The van der Waals surface area contributed by atoms with E-state index in [1.165, 1.54) is 18.4 Å². The van der Waals surface area contributed by atoms with Gasteiger partial charge in [-0.3, -0.25) is 4.99 Å². The molecule has 138 valence electrons. The van der Waals surface area contributed by atoms with Crippen molar-refractivity contribution in [3.63, 3.8) is 0 Å². The number of hydrogen-bond donors (Lipinski definition) is 2. The van der Waals surface area contributed by atoms with Crippen LogP contribution in [0.15, 0.2) is 59.6 Å². The highest BCUT2D eigenvalue weighted by Crippen LogP contribution is 2.48. The molecular weight excluding hydrogens is 437 g/mol. The van der Waals surface area contributed by atoms with Gasteiger partial charge in [0.15, 0.2) is 5.96 Å². The van der Waals surface area contributed by atoms with Crippen LogP contribution in [0.2, 0.25) is 0 Å². The highest BCUT2D eigenvalue weighted by molar-refractivity contribution is 14.0. The van der Waals surface area contributed by atoms with E-state index in [0.29, 0.717) is 18.0 Å². The van der Waals surface area contributed by atoms with Crippen molar-refractivity contribution in [1.82, 2.24) is 5.32 Å². The predicted octanol–water partition coefficient (Wildman–Crippen LogP) is 4.06. The predicted molar refractivity (Wildman–Crippen MR) is 116 cm³/mol. The molecule has 1 aliphatic carbocycles. The molecule has 1 heterocycles. The molecule has 0 saturated heterocycles. The van der Waals surface area contributed by atoms with Crippen LogP contribution in [0.25, 0.3) is 0 Å². The fourth-order valence-corrected chi connectivity index (χ4v) is 3.57. The van der Waals surface area contributed by atoms with Crippen LogP contribution in [0.5, 0.6) is 5.75 Å². The largest absolute Gasteiger partial charge is 0.493 e. The molecule has 0 amide bonds. The normalized spacial score (nSPS) is 20.3. The van der Waals surface area contributed by atoms with Crippen molar-refractivity contribution in [3.8, 4) is 5.75 Å². The Bertz CT molecular complexity index is 759. The summed E-state index contributed by atoms with van der Waals surface area (Å²) in [5.41, 5.74) is 9.05. The molecule has 26 heavy (non-hydrogen) atoms. The summed E-state index contributed by atoms with van der Waals surface area (Å²) in [5, 5.41) is 3.39. The molecule has 1 atom stereocenters. The zero-order chi connectivity index (χ0) is 17.1. The van der Waals surface area contributed by atoms with Crippen LogP contribution < -0.4 is 15.8 Å². The van der Waals surface area contributed by atoms with Gasteiger partial charge in [-0.05, 0) is 36.3 Å². The second-order valence-corrected chi connectivity index (χ2v) is 7.24. The highest BCUT2D eigenvalue weighted by Gasteiger charge is 2.42. The molecule has 2 aliphatic rings. The molecule has 5 heteroatoms. The molecule has 3 N–H and O–H groups in total. The average Bonchev–Trinajstić information content (AvgIpc) is 3.41. The minimum absolute atomic E-state index is 0. The van der Waals surface area contributed by atoms with Gasteiger partial charge in [0.05, 0.1) is 12.6 Å². The summed E-state index contributed by atoms with van der Waals surface area (Å²) >= 11 is 0. The van der Waals surface area contributed by atoms with Crippen LogP contribution in [0.4, 0.5) is 0 Å². The average molecular weight is 463 g/mol. The molecule has 4 nitrogen and oxygen atoms in total. The lowest BCUT2D eigenvalue weighted by Crippen LogP contribution is -2.37. The number of nitrogens with one attached hydrogen (secondary N) is 1. The maximum Gasteiger partial charge on any atom is 0.189 e.